The Kier molecular flexibility index (Phi) is 6.95. The van der Waals surface area contributed by atoms with Gasteiger partial charge in [-0.25, -0.2) is 0 Å². The summed E-state index contributed by atoms with van der Waals surface area (Å²) in [4.78, 5) is 2.15. The molecule has 4 aromatic rings. The van der Waals surface area contributed by atoms with E-state index in [9.17, 15) is 0 Å². The Labute approximate surface area is 183 Å². The molecule has 1 aromatic heterocycles. The van der Waals surface area contributed by atoms with Crippen molar-refractivity contribution in [2.45, 2.75) is 25.7 Å². The normalized spacial score (nSPS) is 11.3. The van der Waals surface area contributed by atoms with Crippen LogP contribution in [0.15, 0.2) is 71.1 Å². The van der Waals surface area contributed by atoms with Crippen molar-refractivity contribution in [2.75, 3.05) is 27.2 Å². The number of aryl methyl sites for hydroxylation is 2. The van der Waals surface area contributed by atoms with Crippen LogP contribution in [0.3, 0.4) is 0 Å². The van der Waals surface area contributed by atoms with Gasteiger partial charge < -0.3 is 14.1 Å². The fourth-order valence-corrected chi connectivity index (χ4v) is 3.57. The number of hydrogen-bond donors (Lipinski definition) is 0. The summed E-state index contributed by atoms with van der Waals surface area (Å²) in [6, 6.07) is 22.9. The van der Waals surface area contributed by atoms with Gasteiger partial charge in [-0.3, -0.25) is 0 Å². The van der Waals surface area contributed by atoms with Gasteiger partial charge in [0.05, 0.1) is 6.61 Å². The highest BCUT2D eigenvalue weighted by atomic mass is 16.5. The summed E-state index contributed by atoms with van der Waals surface area (Å²) in [6.07, 6.45) is 3.73. The SMILES string of the molecule is CN(C)CCCOc1ccc(-c2nnc(CCCc3ccc4ccccc4c3)o2)cc1. The second kappa shape index (κ2) is 10.2. The van der Waals surface area contributed by atoms with Gasteiger partial charge in [0, 0.05) is 18.5 Å². The third-order valence-corrected chi connectivity index (χ3v) is 5.26. The molecule has 160 valence electrons. The van der Waals surface area contributed by atoms with Crippen LogP contribution in [-0.4, -0.2) is 42.3 Å². The average Bonchev–Trinajstić information content (AvgIpc) is 3.26. The first-order valence-corrected chi connectivity index (χ1v) is 10.9. The summed E-state index contributed by atoms with van der Waals surface area (Å²) >= 11 is 0. The molecule has 0 atom stereocenters. The molecular weight excluding hydrogens is 386 g/mol. The molecule has 0 spiro atoms. The molecule has 0 amide bonds. The van der Waals surface area contributed by atoms with Crippen molar-refractivity contribution >= 4 is 10.8 Å². The second-order valence-electron chi connectivity index (χ2n) is 8.07. The molecular formula is C26H29N3O2. The third-order valence-electron chi connectivity index (χ3n) is 5.26. The summed E-state index contributed by atoms with van der Waals surface area (Å²) in [7, 11) is 4.13. The number of benzene rings is 3. The van der Waals surface area contributed by atoms with Gasteiger partial charge in [0.1, 0.15) is 5.75 Å². The van der Waals surface area contributed by atoms with Crippen LogP contribution in [0.4, 0.5) is 0 Å². The predicted molar refractivity (Wildman–Crippen MR) is 124 cm³/mol. The van der Waals surface area contributed by atoms with E-state index in [1.807, 2.05) is 24.3 Å². The molecule has 0 aliphatic rings. The first-order valence-electron chi connectivity index (χ1n) is 10.9. The maximum atomic E-state index is 5.87. The van der Waals surface area contributed by atoms with Gasteiger partial charge in [0.2, 0.25) is 11.8 Å². The van der Waals surface area contributed by atoms with E-state index in [4.69, 9.17) is 9.15 Å². The van der Waals surface area contributed by atoms with E-state index in [2.05, 4.69) is 71.7 Å². The van der Waals surface area contributed by atoms with Crippen molar-refractivity contribution in [3.8, 4) is 17.2 Å². The van der Waals surface area contributed by atoms with Gasteiger partial charge in [-0.15, -0.1) is 10.2 Å². The van der Waals surface area contributed by atoms with Crippen LogP contribution in [0.2, 0.25) is 0 Å². The fourth-order valence-electron chi connectivity index (χ4n) is 3.57. The van der Waals surface area contributed by atoms with Crippen LogP contribution in [0.1, 0.15) is 24.3 Å². The number of ether oxygens (including phenoxy) is 1. The molecule has 0 fully saturated rings. The molecule has 1 heterocycles. The largest absolute Gasteiger partial charge is 0.494 e. The van der Waals surface area contributed by atoms with Crippen molar-refractivity contribution in [1.29, 1.82) is 0 Å². The quantitative estimate of drug-likeness (QED) is 0.325. The second-order valence-corrected chi connectivity index (χ2v) is 8.07. The smallest absolute Gasteiger partial charge is 0.247 e. The Morgan fingerprint density at radius 1 is 0.839 bits per heavy atom. The van der Waals surface area contributed by atoms with Crippen molar-refractivity contribution in [3.05, 3.63) is 78.2 Å². The topological polar surface area (TPSA) is 51.4 Å². The lowest BCUT2D eigenvalue weighted by Gasteiger charge is -2.10. The number of nitrogens with zero attached hydrogens (tertiary/aromatic N) is 3. The van der Waals surface area contributed by atoms with Gasteiger partial charge in [0.15, 0.2) is 0 Å². The summed E-state index contributed by atoms with van der Waals surface area (Å²) in [6.45, 7) is 1.73. The van der Waals surface area contributed by atoms with Crippen LogP contribution in [0.5, 0.6) is 5.75 Å². The van der Waals surface area contributed by atoms with E-state index >= 15 is 0 Å². The maximum absolute atomic E-state index is 5.87. The minimum atomic E-state index is 0.555. The van der Waals surface area contributed by atoms with Crippen LogP contribution < -0.4 is 4.74 Å². The molecule has 0 N–H and O–H groups in total. The number of hydrogen-bond acceptors (Lipinski definition) is 5. The van der Waals surface area contributed by atoms with Gasteiger partial charge in [-0.1, -0.05) is 42.5 Å². The van der Waals surface area contributed by atoms with Crippen LogP contribution >= 0.6 is 0 Å². The molecule has 0 aliphatic carbocycles. The Morgan fingerprint density at radius 3 is 2.45 bits per heavy atom. The van der Waals surface area contributed by atoms with E-state index in [0.717, 1.165) is 43.5 Å². The van der Waals surface area contributed by atoms with E-state index in [-0.39, 0.29) is 0 Å². The zero-order chi connectivity index (χ0) is 21.5. The van der Waals surface area contributed by atoms with Gasteiger partial charge in [0.25, 0.3) is 0 Å². The van der Waals surface area contributed by atoms with E-state index in [1.54, 1.807) is 0 Å². The Balaban J connectivity index is 1.27. The Hall–Kier alpha value is -3.18. The van der Waals surface area contributed by atoms with Crippen molar-refractivity contribution in [3.63, 3.8) is 0 Å². The lowest BCUT2D eigenvalue weighted by molar-refractivity contribution is 0.281. The highest BCUT2D eigenvalue weighted by Crippen LogP contribution is 2.22. The minimum absolute atomic E-state index is 0.555. The van der Waals surface area contributed by atoms with E-state index in [1.165, 1.54) is 16.3 Å². The standard InChI is InChI=1S/C26H29N3O2/c1-29(2)17-6-18-30-24-15-13-22(14-16-24)26-28-27-25(31-26)10-5-7-20-11-12-21-8-3-4-9-23(21)19-20/h3-4,8-9,11-16,19H,5-7,10,17-18H2,1-2H3. The Bertz CT molecular complexity index is 1100. The molecule has 4 rings (SSSR count). The molecule has 5 heteroatoms. The summed E-state index contributed by atoms with van der Waals surface area (Å²) in [5.74, 6) is 2.09. The number of aromatic nitrogens is 2. The third kappa shape index (κ3) is 5.92. The average molecular weight is 416 g/mol. The summed E-state index contributed by atoms with van der Waals surface area (Å²) in [5, 5.41) is 11.0. The predicted octanol–water partition coefficient (Wildman–Crippen LogP) is 5.40. The van der Waals surface area contributed by atoms with Crippen LogP contribution in [-0.2, 0) is 12.8 Å². The lowest BCUT2D eigenvalue weighted by atomic mass is 10.0. The van der Waals surface area contributed by atoms with Crippen LogP contribution in [0.25, 0.3) is 22.2 Å². The lowest BCUT2D eigenvalue weighted by Crippen LogP contribution is -2.15. The first kappa shape index (κ1) is 21.1. The molecule has 31 heavy (non-hydrogen) atoms. The molecule has 3 aromatic carbocycles. The molecule has 0 aliphatic heterocycles. The molecule has 0 radical (unpaired) electrons. The zero-order valence-electron chi connectivity index (χ0n) is 18.3. The Morgan fingerprint density at radius 2 is 1.65 bits per heavy atom. The molecule has 0 saturated heterocycles. The highest BCUT2D eigenvalue weighted by molar-refractivity contribution is 5.82. The van der Waals surface area contributed by atoms with E-state index in [0.29, 0.717) is 18.4 Å². The minimum Gasteiger partial charge on any atom is -0.494 e. The fraction of sp³-hybridized carbons (Fsp3) is 0.308. The number of fused-ring (bicyclic) bond motifs is 1. The molecule has 5 nitrogen and oxygen atoms in total. The van der Waals surface area contributed by atoms with Gasteiger partial charge in [-0.05, 0) is 74.0 Å². The zero-order valence-corrected chi connectivity index (χ0v) is 18.3. The van der Waals surface area contributed by atoms with Crippen LogP contribution in [0, 0.1) is 0 Å². The molecule has 0 saturated carbocycles. The van der Waals surface area contributed by atoms with Gasteiger partial charge >= 0.3 is 0 Å². The first-order chi connectivity index (χ1) is 15.2. The number of rotatable bonds is 10. The summed E-state index contributed by atoms with van der Waals surface area (Å²) in [5.41, 5.74) is 2.24. The molecule has 0 bridgehead atoms. The van der Waals surface area contributed by atoms with Crippen molar-refractivity contribution in [2.24, 2.45) is 0 Å². The van der Waals surface area contributed by atoms with Crippen molar-refractivity contribution in [1.82, 2.24) is 15.1 Å². The van der Waals surface area contributed by atoms with E-state index < -0.39 is 0 Å². The monoisotopic (exact) mass is 415 g/mol. The highest BCUT2D eigenvalue weighted by Gasteiger charge is 2.09. The van der Waals surface area contributed by atoms with Crippen molar-refractivity contribution < 1.29 is 9.15 Å². The maximum Gasteiger partial charge on any atom is 0.247 e. The summed E-state index contributed by atoms with van der Waals surface area (Å²) < 4.78 is 11.7. The molecule has 0 unspecified atom stereocenters. The van der Waals surface area contributed by atoms with Gasteiger partial charge in [-0.2, -0.15) is 0 Å².